The highest BCUT2D eigenvalue weighted by atomic mass is 35.5. The Kier molecular flexibility index (Phi) is 6.65. The number of aryl methyl sites for hydroxylation is 1. The van der Waals surface area contributed by atoms with Crippen LogP contribution in [0, 0.1) is 6.92 Å². The topological polar surface area (TPSA) is 75.9 Å². The lowest BCUT2D eigenvalue weighted by molar-refractivity contribution is 0.0376. The lowest BCUT2D eigenvalue weighted by atomic mass is 10.1. The maximum absolute atomic E-state index is 13.7. The number of amides is 1. The second-order valence-electron chi connectivity index (χ2n) is 8.25. The van der Waals surface area contributed by atoms with Gasteiger partial charge in [0.15, 0.2) is 5.13 Å². The number of rotatable bonds is 6. The minimum atomic E-state index is -0.413. The molecule has 1 fully saturated rings. The average Bonchev–Trinajstić information content (AvgIpc) is 3.29. The third-order valence-corrected chi connectivity index (χ3v) is 7.54. The van der Waals surface area contributed by atoms with E-state index in [-0.39, 0.29) is 11.0 Å². The Hall–Kier alpha value is -2.78. The number of nitrogens with zero attached hydrogens (tertiary/aromatic N) is 3. The number of benzene rings is 2. The van der Waals surface area contributed by atoms with E-state index < -0.39 is 5.91 Å². The molecule has 9 heteroatoms. The molecule has 2 aromatic carbocycles. The number of ether oxygens (including phenoxy) is 1. The van der Waals surface area contributed by atoms with Gasteiger partial charge in [0.2, 0.25) is 5.43 Å². The lowest BCUT2D eigenvalue weighted by Gasteiger charge is -2.27. The number of anilines is 1. The molecule has 1 aliphatic rings. The molecule has 34 heavy (non-hydrogen) atoms. The van der Waals surface area contributed by atoms with Crippen LogP contribution in [-0.4, -0.2) is 55.2 Å². The molecule has 1 amide bonds. The number of hydrogen-bond acceptors (Lipinski definition) is 7. The largest absolute Gasteiger partial charge is 0.463 e. The maximum Gasteiger partial charge on any atom is 0.267 e. The van der Waals surface area contributed by atoms with E-state index in [0.29, 0.717) is 27.7 Å². The van der Waals surface area contributed by atoms with Crippen LogP contribution in [0.4, 0.5) is 5.13 Å². The van der Waals surface area contributed by atoms with Crippen molar-refractivity contribution in [3.8, 4) is 0 Å². The van der Waals surface area contributed by atoms with Gasteiger partial charge in [-0.2, -0.15) is 0 Å². The predicted molar refractivity (Wildman–Crippen MR) is 135 cm³/mol. The predicted octanol–water partition coefficient (Wildman–Crippen LogP) is 4.73. The molecule has 4 aromatic rings. The first kappa shape index (κ1) is 23.0. The summed E-state index contributed by atoms with van der Waals surface area (Å²) >= 11 is 7.71. The van der Waals surface area contributed by atoms with E-state index in [0.717, 1.165) is 55.0 Å². The molecule has 1 saturated heterocycles. The van der Waals surface area contributed by atoms with Gasteiger partial charge < -0.3 is 9.15 Å². The molecule has 0 aliphatic carbocycles. The van der Waals surface area contributed by atoms with Gasteiger partial charge in [-0.3, -0.25) is 19.4 Å². The molecule has 0 saturated carbocycles. The van der Waals surface area contributed by atoms with E-state index in [1.807, 2.05) is 19.1 Å². The van der Waals surface area contributed by atoms with Gasteiger partial charge in [0, 0.05) is 31.2 Å². The standard InChI is InChI=1S/C25H24ClN3O4S/c1-16-19(26)7-8-21-22(16)27-25(34-21)29(10-4-9-28-11-13-32-14-12-28)24(31)18-15-33-20-6-3-2-5-17(20)23(18)30/h2-3,5-8,15H,4,9-14H2,1H3. The molecule has 7 nitrogen and oxygen atoms in total. The van der Waals surface area contributed by atoms with Gasteiger partial charge in [-0.15, -0.1) is 0 Å². The molecule has 1 aliphatic heterocycles. The molecular formula is C25H24ClN3O4S. The quantitative estimate of drug-likeness (QED) is 0.383. The Labute approximate surface area is 205 Å². The highest BCUT2D eigenvalue weighted by Gasteiger charge is 2.25. The van der Waals surface area contributed by atoms with Crippen molar-refractivity contribution >= 4 is 55.2 Å². The number of thiazole rings is 1. The number of para-hydroxylation sites is 1. The second-order valence-corrected chi connectivity index (χ2v) is 9.67. The Balaban J connectivity index is 1.49. The number of halogens is 1. The van der Waals surface area contributed by atoms with Crippen molar-refractivity contribution in [3.63, 3.8) is 0 Å². The normalized spacial score (nSPS) is 14.6. The highest BCUT2D eigenvalue weighted by Crippen LogP contribution is 2.34. The van der Waals surface area contributed by atoms with Crippen molar-refractivity contribution in [1.29, 1.82) is 0 Å². The van der Waals surface area contributed by atoms with E-state index in [2.05, 4.69) is 4.90 Å². The number of fused-ring (bicyclic) bond motifs is 2. The third-order valence-electron chi connectivity index (χ3n) is 6.08. The summed E-state index contributed by atoms with van der Waals surface area (Å²) in [6.07, 6.45) is 2.00. The zero-order valence-electron chi connectivity index (χ0n) is 18.8. The summed E-state index contributed by atoms with van der Waals surface area (Å²) in [5.74, 6) is -0.413. The number of hydrogen-bond donors (Lipinski definition) is 0. The van der Waals surface area contributed by atoms with Crippen molar-refractivity contribution in [2.45, 2.75) is 13.3 Å². The van der Waals surface area contributed by atoms with E-state index >= 15 is 0 Å². The highest BCUT2D eigenvalue weighted by molar-refractivity contribution is 7.22. The SMILES string of the molecule is Cc1c(Cl)ccc2sc(N(CCCN3CCOCC3)C(=O)c3coc4ccccc4c3=O)nc12. The summed E-state index contributed by atoms with van der Waals surface area (Å²) in [7, 11) is 0. The van der Waals surface area contributed by atoms with E-state index in [9.17, 15) is 9.59 Å². The maximum atomic E-state index is 13.7. The van der Waals surface area contributed by atoms with Crippen LogP contribution in [0.15, 0.2) is 51.9 Å². The van der Waals surface area contributed by atoms with Crippen molar-refractivity contribution in [3.05, 3.63) is 69.0 Å². The molecule has 2 aromatic heterocycles. The summed E-state index contributed by atoms with van der Waals surface area (Å²) < 4.78 is 12.0. The Morgan fingerprint density at radius 1 is 1.21 bits per heavy atom. The first-order chi connectivity index (χ1) is 16.5. The Bertz CT molecular complexity index is 1410. The fourth-order valence-corrected chi connectivity index (χ4v) is 5.34. The minimum Gasteiger partial charge on any atom is -0.463 e. The van der Waals surface area contributed by atoms with Crippen molar-refractivity contribution in [2.24, 2.45) is 0 Å². The van der Waals surface area contributed by atoms with Gasteiger partial charge in [0.25, 0.3) is 5.91 Å². The first-order valence-electron chi connectivity index (χ1n) is 11.2. The average molecular weight is 498 g/mol. The molecule has 5 rings (SSSR count). The monoisotopic (exact) mass is 497 g/mol. The van der Waals surface area contributed by atoms with Gasteiger partial charge in [0.05, 0.1) is 28.8 Å². The van der Waals surface area contributed by atoms with Gasteiger partial charge >= 0.3 is 0 Å². The summed E-state index contributed by atoms with van der Waals surface area (Å²) in [4.78, 5) is 35.5. The Morgan fingerprint density at radius 2 is 2.00 bits per heavy atom. The van der Waals surface area contributed by atoms with Gasteiger partial charge in [-0.25, -0.2) is 4.98 Å². The Morgan fingerprint density at radius 3 is 2.82 bits per heavy atom. The number of morpholine rings is 1. The summed E-state index contributed by atoms with van der Waals surface area (Å²) in [6.45, 7) is 6.36. The fraction of sp³-hybridized carbons (Fsp3) is 0.320. The van der Waals surface area contributed by atoms with Gasteiger partial charge in [-0.1, -0.05) is 35.1 Å². The van der Waals surface area contributed by atoms with Crippen LogP contribution >= 0.6 is 22.9 Å². The minimum absolute atomic E-state index is 0.000849. The third kappa shape index (κ3) is 4.46. The van der Waals surface area contributed by atoms with E-state index in [4.69, 9.17) is 25.7 Å². The molecule has 176 valence electrons. The zero-order chi connectivity index (χ0) is 23.7. The van der Waals surface area contributed by atoms with Crippen LogP contribution in [0.25, 0.3) is 21.2 Å². The molecule has 0 radical (unpaired) electrons. The summed E-state index contributed by atoms with van der Waals surface area (Å²) in [5, 5.41) is 1.55. The summed E-state index contributed by atoms with van der Waals surface area (Å²) in [5.41, 5.74) is 1.74. The van der Waals surface area contributed by atoms with Gasteiger partial charge in [0.1, 0.15) is 17.4 Å². The van der Waals surface area contributed by atoms with E-state index in [1.165, 1.54) is 17.6 Å². The molecular weight excluding hydrogens is 474 g/mol. The molecule has 3 heterocycles. The smallest absolute Gasteiger partial charge is 0.267 e. The summed E-state index contributed by atoms with van der Waals surface area (Å²) in [6, 6.07) is 10.7. The van der Waals surface area contributed by atoms with Crippen molar-refractivity contribution in [1.82, 2.24) is 9.88 Å². The van der Waals surface area contributed by atoms with Crippen LogP contribution in [0.2, 0.25) is 5.02 Å². The number of carbonyl (C=O) groups excluding carboxylic acids is 1. The molecule has 0 N–H and O–H groups in total. The van der Waals surface area contributed by atoms with Crippen LogP contribution in [0.1, 0.15) is 22.3 Å². The second kappa shape index (κ2) is 9.84. The van der Waals surface area contributed by atoms with Crippen molar-refractivity contribution < 1.29 is 13.9 Å². The molecule has 0 unspecified atom stereocenters. The van der Waals surface area contributed by atoms with E-state index in [1.54, 1.807) is 29.2 Å². The number of carbonyl (C=O) groups is 1. The molecule has 0 spiro atoms. The fourth-order valence-electron chi connectivity index (χ4n) is 4.14. The zero-order valence-corrected chi connectivity index (χ0v) is 20.3. The van der Waals surface area contributed by atoms with Crippen LogP contribution in [-0.2, 0) is 4.74 Å². The van der Waals surface area contributed by atoms with Crippen LogP contribution < -0.4 is 10.3 Å². The van der Waals surface area contributed by atoms with Crippen molar-refractivity contribution in [2.75, 3.05) is 44.3 Å². The van der Waals surface area contributed by atoms with Gasteiger partial charge in [-0.05, 0) is 43.2 Å². The number of aromatic nitrogens is 1. The van der Waals surface area contributed by atoms with Crippen LogP contribution in [0.5, 0.6) is 0 Å². The first-order valence-corrected chi connectivity index (χ1v) is 12.4. The van der Waals surface area contributed by atoms with Crippen LogP contribution in [0.3, 0.4) is 0 Å². The molecule has 0 bridgehead atoms. The molecule has 0 atom stereocenters. The lowest BCUT2D eigenvalue weighted by Crippen LogP contribution is -2.40.